The number of carbonyl (C=O) groups excluding carboxylic acids is 1. The number of ether oxygens (including phenoxy) is 1. The van der Waals surface area contributed by atoms with Gasteiger partial charge in [0.05, 0.1) is 26.1 Å². The van der Waals surface area contributed by atoms with E-state index in [1.54, 1.807) is 25.3 Å². The molecule has 0 atom stereocenters. The molecule has 0 spiro atoms. The number of hydrogen-bond donors (Lipinski definition) is 1. The fourth-order valence-corrected chi connectivity index (χ4v) is 3.06. The Balaban J connectivity index is 1.79. The van der Waals surface area contributed by atoms with Gasteiger partial charge in [0.1, 0.15) is 5.75 Å². The molecule has 124 valence electrons. The van der Waals surface area contributed by atoms with Crippen LogP contribution < -0.4 is 10.1 Å². The van der Waals surface area contributed by atoms with E-state index in [2.05, 4.69) is 16.3 Å². The molecule has 5 nitrogen and oxygen atoms in total. The minimum atomic E-state index is -0.0455. The first-order valence-electron chi connectivity index (χ1n) is 7.81. The number of hydrogen-bond acceptors (Lipinski definition) is 4. The van der Waals surface area contributed by atoms with E-state index < -0.39 is 0 Å². The molecular weight excluding hydrogens is 314 g/mol. The Kier molecular flexibility index (Phi) is 6.69. The van der Waals surface area contributed by atoms with E-state index in [-0.39, 0.29) is 12.3 Å². The predicted octanol–water partition coefficient (Wildman–Crippen LogP) is 2.24. The Morgan fingerprint density at radius 3 is 2.87 bits per heavy atom. The molecule has 1 N–H and O–H groups in total. The van der Waals surface area contributed by atoms with Crippen molar-refractivity contribution in [2.75, 3.05) is 33.3 Å². The maximum absolute atomic E-state index is 12.2. The Labute approximate surface area is 142 Å². The average molecular weight is 336 g/mol. The quantitative estimate of drug-likeness (QED) is 0.810. The monoisotopic (exact) mass is 335 g/mol. The third-order valence-corrected chi connectivity index (χ3v) is 4.58. The van der Waals surface area contributed by atoms with E-state index in [0.29, 0.717) is 29.8 Å². The van der Waals surface area contributed by atoms with Gasteiger partial charge in [0.15, 0.2) is 0 Å². The van der Waals surface area contributed by atoms with Crippen LogP contribution in [0.4, 0.5) is 0 Å². The summed E-state index contributed by atoms with van der Waals surface area (Å²) in [6.45, 7) is 3.01. The predicted molar refractivity (Wildman–Crippen MR) is 89.5 cm³/mol. The van der Waals surface area contributed by atoms with Crippen LogP contribution in [0.1, 0.15) is 18.4 Å². The molecule has 0 radical (unpaired) electrons. The lowest BCUT2D eigenvalue weighted by Gasteiger charge is -2.30. The largest absolute Gasteiger partial charge is 0.496 e. The lowest BCUT2D eigenvalue weighted by molar-refractivity contribution is -0.120. The topological polar surface area (TPSA) is 65.4 Å². The van der Waals surface area contributed by atoms with Gasteiger partial charge in [-0.1, -0.05) is 17.7 Å². The van der Waals surface area contributed by atoms with Crippen molar-refractivity contribution in [3.05, 3.63) is 28.8 Å². The SMILES string of the molecule is COc1cccc(Cl)c1CC(=O)NCC1CCN(CC#N)CC1. The third kappa shape index (κ3) is 5.12. The van der Waals surface area contributed by atoms with Crippen molar-refractivity contribution in [2.24, 2.45) is 5.92 Å². The Bertz CT molecular complexity index is 578. The Morgan fingerprint density at radius 1 is 1.48 bits per heavy atom. The summed E-state index contributed by atoms with van der Waals surface area (Å²) in [5, 5.41) is 12.2. The molecule has 6 heteroatoms. The van der Waals surface area contributed by atoms with Gasteiger partial charge in [0, 0.05) is 17.1 Å². The van der Waals surface area contributed by atoms with Gasteiger partial charge in [-0.3, -0.25) is 9.69 Å². The van der Waals surface area contributed by atoms with Crippen LogP contribution in [0, 0.1) is 17.2 Å². The second-order valence-electron chi connectivity index (χ2n) is 5.78. The zero-order valence-corrected chi connectivity index (χ0v) is 14.1. The molecule has 2 rings (SSSR count). The number of nitrogens with zero attached hydrogens (tertiary/aromatic N) is 2. The van der Waals surface area contributed by atoms with E-state index in [4.69, 9.17) is 21.6 Å². The van der Waals surface area contributed by atoms with Gasteiger partial charge in [0.25, 0.3) is 0 Å². The number of rotatable bonds is 6. The summed E-state index contributed by atoms with van der Waals surface area (Å²) in [5.41, 5.74) is 0.720. The van der Waals surface area contributed by atoms with E-state index in [9.17, 15) is 4.79 Å². The van der Waals surface area contributed by atoms with Crippen molar-refractivity contribution in [2.45, 2.75) is 19.3 Å². The first-order chi connectivity index (χ1) is 11.1. The molecular formula is C17H22ClN3O2. The minimum Gasteiger partial charge on any atom is -0.496 e. The molecule has 23 heavy (non-hydrogen) atoms. The highest BCUT2D eigenvalue weighted by Crippen LogP contribution is 2.26. The molecule has 1 fully saturated rings. The summed E-state index contributed by atoms with van der Waals surface area (Å²) in [6, 6.07) is 7.55. The van der Waals surface area contributed by atoms with Gasteiger partial charge < -0.3 is 10.1 Å². The van der Waals surface area contributed by atoms with Crippen LogP contribution in [0.2, 0.25) is 5.02 Å². The van der Waals surface area contributed by atoms with Gasteiger partial charge in [-0.25, -0.2) is 0 Å². The summed E-state index contributed by atoms with van der Waals surface area (Å²) in [7, 11) is 1.57. The maximum atomic E-state index is 12.2. The van der Waals surface area contributed by atoms with E-state index >= 15 is 0 Å². The zero-order chi connectivity index (χ0) is 16.7. The lowest BCUT2D eigenvalue weighted by atomic mass is 9.96. The molecule has 1 aromatic carbocycles. The molecule has 1 heterocycles. The number of nitriles is 1. The smallest absolute Gasteiger partial charge is 0.224 e. The number of piperidine rings is 1. The highest BCUT2D eigenvalue weighted by Gasteiger charge is 2.20. The van der Waals surface area contributed by atoms with Crippen molar-refractivity contribution in [3.8, 4) is 11.8 Å². The Hall–Kier alpha value is -1.77. The van der Waals surface area contributed by atoms with Crippen LogP contribution in [0.5, 0.6) is 5.75 Å². The van der Waals surface area contributed by atoms with Crippen molar-refractivity contribution >= 4 is 17.5 Å². The second-order valence-corrected chi connectivity index (χ2v) is 6.19. The molecule has 0 aliphatic carbocycles. The van der Waals surface area contributed by atoms with Crippen molar-refractivity contribution in [3.63, 3.8) is 0 Å². The summed E-state index contributed by atoms with van der Waals surface area (Å²) in [4.78, 5) is 14.3. The molecule has 1 aromatic rings. The maximum Gasteiger partial charge on any atom is 0.224 e. The fourth-order valence-electron chi connectivity index (χ4n) is 2.83. The van der Waals surface area contributed by atoms with Crippen molar-refractivity contribution in [1.29, 1.82) is 5.26 Å². The van der Waals surface area contributed by atoms with E-state index in [1.165, 1.54) is 0 Å². The molecule has 0 unspecified atom stereocenters. The van der Waals surface area contributed by atoms with E-state index in [1.807, 2.05) is 0 Å². The number of methoxy groups -OCH3 is 1. The molecule has 1 amide bonds. The zero-order valence-electron chi connectivity index (χ0n) is 13.3. The first-order valence-corrected chi connectivity index (χ1v) is 8.19. The average Bonchev–Trinajstić information content (AvgIpc) is 2.56. The minimum absolute atomic E-state index is 0.0455. The van der Waals surface area contributed by atoms with Gasteiger partial charge >= 0.3 is 0 Å². The van der Waals surface area contributed by atoms with Gasteiger partial charge in [-0.15, -0.1) is 0 Å². The highest BCUT2D eigenvalue weighted by atomic mass is 35.5. The van der Waals surface area contributed by atoms with Crippen LogP contribution in [0.25, 0.3) is 0 Å². The first kappa shape index (κ1) is 17.6. The van der Waals surface area contributed by atoms with Crippen LogP contribution in [-0.2, 0) is 11.2 Å². The molecule has 0 aromatic heterocycles. The van der Waals surface area contributed by atoms with Gasteiger partial charge in [-0.05, 0) is 44.0 Å². The molecule has 1 aliphatic rings. The summed E-state index contributed by atoms with van der Waals surface area (Å²) in [6.07, 6.45) is 2.24. The third-order valence-electron chi connectivity index (χ3n) is 4.22. The molecule has 1 aliphatic heterocycles. The normalized spacial score (nSPS) is 15.9. The van der Waals surface area contributed by atoms with Crippen LogP contribution in [0.3, 0.4) is 0 Å². The van der Waals surface area contributed by atoms with Crippen molar-refractivity contribution < 1.29 is 9.53 Å². The summed E-state index contributed by atoms with van der Waals surface area (Å²) >= 11 is 6.15. The highest BCUT2D eigenvalue weighted by molar-refractivity contribution is 6.31. The number of halogens is 1. The number of nitrogens with one attached hydrogen (secondary N) is 1. The number of likely N-dealkylation sites (tertiary alicyclic amines) is 1. The number of carbonyl (C=O) groups is 1. The second kappa shape index (κ2) is 8.76. The fraction of sp³-hybridized carbons (Fsp3) is 0.529. The standard InChI is InChI=1S/C17H22ClN3O2/c1-23-16-4-2-3-15(18)14(16)11-17(22)20-12-13-5-8-21(9-6-13)10-7-19/h2-4,13H,5-6,8-12H2,1H3,(H,20,22). The van der Waals surface area contributed by atoms with Crippen LogP contribution in [0.15, 0.2) is 18.2 Å². The molecule has 1 saturated heterocycles. The summed E-state index contributed by atoms with van der Waals surface area (Å²) < 4.78 is 5.26. The molecule has 0 bridgehead atoms. The lowest BCUT2D eigenvalue weighted by Crippen LogP contribution is -2.39. The number of amides is 1. The van der Waals surface area contributed by atoms with Gasteiger partial charge in [-0.2, -0.15) is 5.26 Å². The van der Waals surface area contributed by atoms with Gasteiger partial charge in [0.2, 0.25) is 5.91 Å². The van der Waals surface area contributed by atoms with Crippen molar-refractivity contribution in [1.82, 2.24) is 10.2 Å². The number of benzene rings is 1. The molecule has 0 saturated carbocycles. The van der Waals surface area contributed by atoms with E-state index in [0.717, 1.165) is 31.5 Å². The van der Waals surface area contributed by atoms with Crippen LogP contribution in [-0.4, -0.2) is 44.1 Å². The van der Waals surface area contributed by atoms with Crippen LogP contribution >= 0.6 is 11.6 Å². The summed E-state index contributed by atoms with van der Waals surface area (Å²) in [5.74, 6) is 1.07. The Morgan fingerprint density at radius 2 is 2.22 bits per heavy atom.